The van der Waals surface area contributed by atoms with Crippen molar-refractivity contribution in [2.75, 3.05) is 48.9 Å². The molecule has 3 N–H and O–H groups in total. The second kappa shape index (κ2) is 10.7. The van der Waals surface area contributed by atoms with E-state index in [0.717, 1.165) is 23.5 Å². The molecule has 1 saturated carbocycles. The summed E-state index contributed by atoms with van der Waals surface area (Å²) in [7, 11) is -3.35. The van der Waals surface area contributed by atoms with Gasteiger partial charge in [0.2, 0.25) is 0 Å². The lowest BCUT2D eigenvalue weighted by Gasteiger charge is -2.41. The van der Waals surface area contributed by atoms with Gasteiger partial charge in [-0.3, -0.25) is 0 Å². The predicted octanol–water partition coefficient (Wildman–Crippen LogP) is 2.46. The first-order valence-corrected chi connectivity index (χ1v) is 14.1. The van der Waals surface area contributed by atoms with E-state index in [1.807, 2.05) is 30.3 Å². The predicted molar refractivity (Wildman–Crippen MR) is 141 cm³/mol. The van der Waals surface area contributed by atoms with Crippen LogP contribution < -0.4 is 15.5 Å². The standard InChI is InChI=1S/C24H33N5O4S2/c1-3-35(31,32)24(9-4-10-24)20-15-21(29-12-14-33-16-17(29)2)28-22(27-20)18-5-7-19(8-6-18)26-23(34)25-11-13-30/h5-8,15,17,30H,3-4,9-14,16H2,1-2H3,(H2,25,26,34)/t17-/m0/s1. The lowest BCUT2D eigenvalue weighted by Crippen LogP contribution is -2.46. The van der Waals surface area contributed by atoms with Crippen LogP contribution in [0.1, 0.15) is 38.8 Å². The number of nitrogens with zero attached hydrogens (tertiary/aromatic N) is 3. The molecular weight excluding hydrogens is 486 g/mol. The van der Waals surface area contributed by atoms with Crippen molar-refractivity contribution < 1.29 is 18.3 Å². The quantitative estimate of drug-likeness (QED) is 0.449. The van der Waals surface area contributed by atoms with E-state index in [2.05, 4.69) is 22.5 Å². The number of anilines is 2. The maximum absolute atomic E-state index is 13.2. The normalized spacial score (nSPS) is 19.6. The molecule has 1 saturated heterocycles. The molecule has 0 bridgehead atoms. The summed E-state index contributed by atoms with van der Waals surface area (Å²) in [6, 6.07) is 9.53. The van der Waals surface area contributed by atoms with Crippen LogP contribution in [-0.2, 0) is 19.3 Å². The molecule has 1 atom stereocenters. The zero-order chi connectivity index (χ0) is 25.1. The van der Waals surface area contributed by atoms with Gasteiger partial charge in [0.05, 0.1) is 31.6 Å². The van der Waals surface area contributed by atoms with Gasteiger partial charge in [-0.05, 0) is 62.7 Å². The number of morpholine rings is 1. The second-order valence-corrected chi connectivity index (χ2v) is 12.0. The van der Waals surface area contributed by atoms with Crippen molar-refractivity contribution in [1.82, 2.24) is 15.3 Å². The Morgan fingerprint density at radius 1 is 1.29 bits per heavy atom. The van der Waals surface area contributed by atoms with Crippen molar-refractivity contribution in [3.8, 4) is 11.4 Å². The van der Waals surface area contributed by atoms with E-state index < -0.39 is 14.6 Å². The number of hydrogen-bond acceptors (Lipinski definition) is 8. The number of aromatic nitrogens is 2. The molecule has 0 amide bonds. The van der Waals surface area contributed by atoms with Gasteiger partial charge in [-0.1, -0.05) is 6.92 Å². The van der Waals surface area contributed by atoms with E-state index in [0.29, 0.717) is 55.8 Å². The van der Waals surface area contributed by atoms with Gasteiger partial charge in [0.15, 0.2) is 20.8 Å². The van der Waals surface area contributed by atoms with Crippen LogP contribution in [0, 0.1) is 0 Å². The molecule has 1 aliphatic heterocycles. The Labute approximate surface area is 212 Å². The molecule has 1 aliphatic carbocycles. The van der Waals surface area contributed by atoms with Gasteiger partial charge in [0.1, 0.15) is 10.6 Å². The summed E-state index contributed by atoms with van der Waals surface area (Å²) in [5, 5.41) is 15.3. The van der Waals surface area contributed by atoms with Crippen molar-refractivity contribution in [3.05, 3.63) is 36.0 Å². The molecule has 2 fully saturated rings. The highest BCUT2D eigenvalue weighted by atomic mass is 32.2. The molecule has 0 unspecified atom stereocenters. The van der Waals surface area contributed by atoms with Crippen LogP contribution in [0.25, 0.3) is 11.4 Å². The molecule has 9 nitrogen and oxygen atoms in total. The van der Waals surface area contributed by atoms with Crippen molar-refractivity contribution in [3.63, 3.8) is 0 Å². The minimum atomic E-state index is -3.35. The lowest BCUT2D eigenvalue weighted by atomic mass is 9.81. The molecule has 1 aromatic carbocycles. The number of rotatable bonds is 8. The van der Waals surface area contributed by atoms with Crippen LogP contribution in [-0.4, -0.2) is 73.3 Å². The SMILES string of the molecule is CCS(=O)(=O)C1(c2cc(N3CCOC[C@@H]3C)nc(-c3ccc(NC(=S)NCCO)cc3)n2)CCC1. The highest BCUT2D eigenvalue weighted by molar-refractivity contribution is 7.92. The Morgan fingerprint density at radius 3 is 2.63 bits per heavy atom. The summed E-state index contributed by atoms with van der Waals surface area (Å²) in [5.74, 6) is 1.32. The van der Waals surface area contributed by atoms with Gasteiger partial charge in [-0.15, -0.1) is 0 Å². The maximum atomic E-state index is 13.2. The number of aliphatic hydroxyl groups excluding tert-OH is 1. The van der Waals surface area contributed by atoms with E-state index in [1.54, 1.807) is 6.92 Å². The molecule has 2 aromatic rings. The first-order chi connectivity index (χ1) is 16.8. The summed E-state index contributed by atoms with van der Waals surface area (Å²) >= 11 is 5.22. The zero-order valence-corrected chi connectivity index (χ0v) is 21.8. The largest absolute Gasteiger partial charge is 0.395 e. The molecule has 11 heteroatoms. The third-order valence-electron chi connectivity index (χ3n) is 6.78. The van der Waals surface area contributed by atoms with Crippen molar-refractivity contribution in [1.29, 1.82) is 0 Å². The molecule has 2 heterocycles. The Morgan fingerprint density at radius 2 is 2.03 bits per heavy atom. The fourth-order valence-corrected chi connectivity index (χ4v) is 6.67. The van der Waals surface area contributed by atoms with Crippen molar-refractivity contribution in [2.45, 2.75) is 43.9 Å². The highest BCUT2D eigenvalue weighted by Crippen LogP contribution is 2.48. The number of benzene rings is 1. The van der Waals surface area contributed by atoms with Gasteiger partial charge in [-0.25, -0.2) is 18.4 Å². The average molecular weight is 520 g/mol. The van der Waals surface area contributed by atoms with E-state index in [4.69, 9.17) is 32.0 Å². The van der Waals surface area contributed by atoms with E-state index in [1.165, 1.54) is 0 Å². The molecule has 1 aromatic heterocycles. The average Bonchev–Trinajstić information content (AvgIpc) is 2.82. The van der Waals surface area contributed by atoms with Gasteiger partial charge in [-0.2, -0.15) is 0 Å². The van der Waals surface area contributed by atoms with Crippen LogP contribution in [0.2, 0.25) is 0 Å². The number of thiocarbonyl (C=S) groups is 1. The Kier molecular flexibility index (Phi) is 7.89. The number of ether oxygens (including phenoxy) is 1. The Balaban J connectivity index is 1.72. The number of sulfone groups is 1. The number of nitrogens with one attached hydrogen (secondary N) is 2. The molecular formula is C24H33N5O4S2. The molecule has 2 aliphatic rings. The summed E-state index contributed by atoms with van der Waals surface area (Å²) in [6.45, 7) is 6.03. The second-order valence-electron chi connectivity index (χ2n) is 8.99. The van der Waals surface area contributed by atoms with Gasteiger partial charge in [0.25, 0.3) is 0 Å². The highest BCUT2D eigenvalue weighted by Gasteiger charge is 2.51. The minimum Gasteiger partial charge on any atom is -0.395 e. The first kappa shape index (κ1) is 25.7. The Hall–Kier alpha value is -2.34. The zero-order valence-electron chi connectivity index (χ0n) is 20.2. The number of aliphatic hydroxyl groups is 1. The van der Waals surface area contributed by atoms with Crippen LogP contribution in [0.15, 0.2) is 30.3 Å². The topological polar surface area (TPSA) is 117 Å². The molecule has 35 heavy (non-hydrogen) atoms. The lowest BCUT2D eigenvalue weighted by molar-refractivity contribution is 0.0985. The monoisotopic (exact) mass is 519 g/mol. The van der Waals surface area contributed by atoms with Crippen molar-refractivity contribution >= 4 is 38.7 Å². The fourth-order valence-electron chi connectivity index (χ4n) is 4.56. The van der Waals surface area contributed by atoms with Crippen molar-refractivity contribution in [2.24, 2.45) is 0 Å². The molecule has 190 valence electrons. The molecule has 0 radical (unpaired) electrons. The summed E-state index contributed by atoms with van der Waals surface area (Å²) < 4.78 is 31.0. The first-order valence-electron chi connectivity index (χ1n) is 12.0. The van der Waals surface area contributed by atoms with Crippen LogP contribution in [0.4, 0.5) is 11.5 Å². The Bertz CT molecular complexity index is 1150. The van der Waals surface area contributed by atoms with Gasteiger partial charge in [0, 0.05) is 36.2 Å². The number of hydrogen-bond donors (Lipinski definition) is 3. The van der Waals surface area contributed by atoms with Gasteiger partial charge < -0.3 is 25.4 Å². The molecule has 0 spiro atoms. The van der Waals surface area contributed by atoms with Crippen LogP contribution in [0.5, 0.6) is 0 Å². The minimum absolute atomic E-state index is 0.00618. The van der Waals surface area contributed by atoms with Gasteiger partial charge >= 0.3 is 0 Å². The smallest absolute Gasteiger partial charge is 0.170 e. The maximum Gasteiger partial charge on any atom is 0.170 e. The van der Waals surface area contributed by atoms with E-state index in [9.17, 15) is 8.42 Å². The third kappa shape index (κ3) is 5.28. The summed E-state index contributed by atoms with van der Waals surface area (Å²) in [5.41, 5.74) is 2.16. The summed E-state index contributed by atoms with van der Waals surface area (Å²) in [4.78, 5) is 11.9. The molecule has 4 rings (SSSR count). The van der Waals surface area contributed by atoms with Crippen LogP contribution >= 0.6 is 12.2 Å². The summed E-state index contributed by atoms with van der Waals surface area (Å²) in [6.07, 6.45) is 2.03. The third-order valence-corrected chi connectivity index (χ3v) is 9.59. The fraction of sp³-hybridized carbons (Fsp3) is 0.542. The van der Waals surface area contributed by atoms with E-state index >= 15 is 0 Å². The van der Waals surface area contributed by atoms with Crippen LogP contribution in [0.3, 0.4) is 0 Å². The van der Waals surface area contributed by atoms with E-state index in [-0.39, 0.29) is 18.4 Å².